The van der Waals surface area contributed by atoms with E-state index in [1.165, 1.54) is 0 Å². The van der Waals surface area contributed by atoms with Gasteiger partial charge in [-0.25, -0.2) is 0 Å². The topological polar surface area (TPSA) is 167 Å². The Morgan fingerprint density at radius 2 is 0.708 bits per heavy atom. The van der Waals surface area contributed by atoms with Gasteiger partial charge in [-0.3, -0.25) is 9.80 Å². The number of carbonyl (C=O) groups is 4. The number of carboxylic acids is 4. The van der Waals surface area contributed by atoms with Crippen molar-refractivity contribution in [3.8, 4) is 0 Å². The van der Waals surface area contributed by atoms with E-state index >= 15 is 0 Å². The van der Waals surface area contributed by atoms with Crippen molar-refractivity contribution in [2.45, 2.75) is 0 Å². The molecule has 0 radical (unpaired) electrons. The van der Waals surface area contributed by atoms with E-state index in [-0.39, 0.29) is 197 Å². The van der Waals surface area contributed by atoms with Crippen LogP contribution in [0.1, 0.15) is 0 Å². The number of rotatable bonds is 11. The second-order valence-electron chi connectivity index (χ2n) is 3.91. The van der Waals surface area contributed by atoms with Crippen molar-refractivity contribution < 1.29 is 223 Å². The molecule has 0 saturated heterocycles. The molecule has 0 aliphatic carbocycles. The van der Waals surface area contributed by atoms with E-state index in [0.29, 0.717) is 0 Å². The summed E-state index contributed by atoms with van der Waals surface area (Å²) >= 11 is 0. The third kappa shape index (κ3) is 25.7. The molecule has 0 N–H and O–H groups in total. The fourth-order valence-corrected chi connectivity index (χ4v) is 1.44. The molecule has 0 rings (SSSR count). The molecule has 0 aliphatic rings. The third-order valence-corrected chi connectivity index (χ3v) is 2.14. The minimum Gasteiger partial charge on any atom is -0.549 e. The first kappa shape index (κ1) is 38.3. The van der Waals surface area contributed by atoms with Gasteiger partial charge in [0.25, 0.3) is 0 Å². The van der Waals surface area contributed by atoms with Crippen molar-refractivity contribution in [3.05, 3.63) is 0 Å². The summed E-state index contributed by atoms with van der Waals surface area (Å²) in [7, 11) is 0. The molecular weight excluding hydrogens is 416 g/mol. The van der Waals surface area contributed by atoms with Crippen molar-refractivity contribution in [3.63, 3.8) is 0 Å². The summed E-state index contributed by atoms with van der Waals surface area (Å²) in [5.74, 6) is -6.12. The molecule has 114 valence electrons. The van der Waals surface area contributed by atoms with E-state index in [2.05, 4.69) is 0 Å². The smallest absolute Gasteiger partial charge is 0.549 e. The van der Waals surface area contributed by atoms with E-state index in [4.69, 9.17) is 0 Å². The maximum absolute atomic E-state index is 10.4. The molecule has 0 aromatic carbocycles. The van der Waals surface area contributed by atoms with Crippen LogP contribution in [0.3, 0.4) is 0 Å². The van der Waals surface area contributed by atoms with E-state index in [1.807, 2.05) is 0 Å². The molecular formula is C10H12K3N2NaO8. The van der Waals surface area contributed by atoms with Crippen molar-refractivity contribution in [1.82, 2.24) is 9.80 Å². The van der Waals surface area contributed by atoms with Gasteiger partial charge in [0, 0.05) is 39.3 Å². The summed E-state index contributed by atoms with van der Waals surface area (Å²) in [4.78, 5) is 43.4. The van der Waals surface area contributed by atoms with Crippen LogP contribution >= 0.6 is 0 Å². The van der Waals surface area contributed by atoms with Crippen LogP contribution in [-0.4, -0.2) is 72.9 Å². The van der Waals surface area contributed by atoms with E-state index in [0.717, 1.165) is 9.80 Å². The minimum absolute atomic E-state index is 0. The molecule has 0 amide bonds. The number of hydrogen-bond donors (Lipinski definition) is 0. The Morgan fingerprint density at radius 1 is 0.542 bits per heavy atom. The largest absolute Gasteiger partial charge is 1.00 e. The van der Waals surface area contributed by atoms with Crippen molar-refractivity contribution in [1.29, 1.82) is 0 Å². The Kier molecular flexibility index (Phi) is 36.7. The van der Waals surface area contributed by atoms with E-state index in [9.17, 15) is 39.6 Å². The number of hydrogen-bond acceptors (Lipinski definition) is 10. The Labute approximate surface area is 289 Å². The van der Waals surface area contributed by atoms with Crippen LogP contribution < -0.4 is 204 Å². The van der Waals surface area contributed by atoms with Crippen LogP contribution in [-0.2, 0) is 19.2 Å². The summed E-state index contributed by atoms with van der Waals surface area (Å²) in [5.41, 5.74) is 0. The van der Waals surface area contributed by atoms with Crippen molar-refractivity contribution in [2.24, 2.45) is 0 Å². The van der Waals surface area contributed by atoms with Crippen LogP contribution in [0, 0.1) is 0 Å². The van der Waals surface area contributed by atoms with Crippen LogP contribution in [0.25, 0.3) is 0 Å². The van der Waals surface area contributed by atoms with Crippen LogP contribution in [0.15, 0.2) is 0 Å². The zero-order chi connectivity index (χ0) is 15.7. The zero-order valence-electron chi connectivity index (χ0n) is 14.4. The van der Waals surface area contributed by atoms with Crippen LogP contribution in [0.2, 0.25) is 0 Å². The Hall–Kier alpha value is 3.71. The molecule has 0 unspecified atom stereocenters. The van der Waals surface area contributed by atoms with Gasteiger partial charge in [-0.05, 0) is 0 Å². The molecule has 14 heteroatoms. The van der Waals surface area contributed by atoms with Crippen LogP contribution in [0.4, 0.5) is 0 Å². The zero-order valence-corrected chi connectivity index (χ0v) is 25.8. The molecule has 0 aromatic heterocycles. The second kappa shape index (κ2) is 23.0. The molecule has 0 bridgehead atoms. The summed E-state index contributed by atoms with van der Waals surface area (Å²) in [6, 6.07) is 0. The number of aliphatic carboxylic acids is 4. The normalized spacial score (nSPS) is 8.92. The van der Waals surface area contributed by atoms with Gasteiger partial charge in [0.15, 0.2) is 0 Å². The molecule has 0 aliphatic heterocycles. The van der Waals surface area contributed by atoms with Gasteiger partial charge in [0.05, 0.1) is 23.9 Å². The third-order valence-electron chi connectivity index (χ3n) is 2.14. The average Bonchev–Trinajstić information content (AvgIpc) is 2.22. The molecule has 24 heavy (non-hydrogen) atoms. The van der Waals surface area contributed by atoms with Crippen molar-refractivity contribution in [2.75, 3.05) is 39.3 Å². The molecule has 0 heterocycles. The minimum atomic E-state index is -1.53. The Balaban J connectivity index is -0.000000301. The summed E-state index contributed by atoms with van der Waals surface area (Å²) in [6.07, 6.45) is 0. The van der Waals surface area contributed by atoms with Gasteiger partial charge >= 0.3 is 184 Å². The summed E-state index contributed by atoms with van der Waals surface area (Å²) in [6.45, 7) is -3.25. The first-order valence-corrected chi connectivity index (χ1v) is 5.44. The average molecular weight is 428 g/mol. The molecule has 0 aromatic rings. The van der Waals surface area contributed by atoms with Crippen LogP contribution in [0.5, 0.6) is 0 Å². The SMILES string of the molecule is O=C([O-])CN(CCN(CC(=O)[O-])CC(=O)[O-])CC(=O)[O-].[K+].[K+].[K+].[Na+]. The summed E-state index contributed by atoms with van der Waals surface area (Å²) in [5, 5.41) is 41.6. The Morgan fingerprint density at radius 3 is 0.833 bits per heavy atom. The maximum Gasteiger partial charge on any atom is 1.00 e. The van der Waals surface area contributed by atoms with Gasteiger partial charge in [0.1, 0.15) is 0 Å². The first-order chi connectivity index (χ1) is 9.20. The molecule has 10 nitrogen and oxygen atoms in total. The number of nitrogens with zero attached hydrogens (tertiary/aromatic N) is 2. The maximum atomic E-state index is 10.4. The molecule has 0 spiro atoms. The van der Waals surface area contributed by atoms with E-state index in [1.54, 1.807) is 0 Å². The Bertz CT molecular complexity index is 334. The number of carbonyl (C=O) groups excluding carboxylic acids is 4. The number of carboxylic acid groups (broad SMARTS) is 4. The van der Waals surface area contributed by atoms with Crippen molar-refractivity contribution >= 4 is 23.9 Å². The fraction of sp³-hybridized carbons (Fsp3) is 0.600. The standard InChI is InChI=1S/C10H16N2O8.3K.Na/c13-7(14)3-11(4-8(15)16)1-2-12(5-9(17)18)6-10(19)20;;;;/h1-6H2,(H,13,14)(H,15,16)(H,17,18)(H,19,20);;;;/q;4*+1/p-4. The second-order valence-corrected chi connectivity index (χ2v) is 3.91. The quantitative estimate of drug-likeness (QED) is 0.288. The van der Waals surface area contributed by atoms with Gasteiger partial charge in [-0.15, -0.1) is 0 Å². The van der Waals surface area contributed by atoms with Gasteiger partial charge in [-0.2, -0.15) is 0 Å². The van der Waals surface area contributed by atoms with Gasteiger partial charge < -0.3 is 39.6 Å². The van der Waals surface area contributed by atoms with E-state index < -0.39 is 50.1 Å². The predicted octanol–water partition coefficient (Wildman–Crippen LogP) is -19.4. The summed E-state index contributed by atoms with van der Waals surface area (Å²) < 4.78 is 0. The molecule has 0 fully saturated rings. The predicted molar refractivity (Wildman–Crippen MR) is 52.9 cm³/mol. The monoisotopic (exact) mass is 428 g/mol. The van der Waals surface area contributed by atoms with Gasteiger partial charge in [-0.1, -0.05) is 0 Å². The molecule has 0 saturated carbocycles. The first-order valence-electron chi connectivity index (χ1n) is 5.44. The van der Waals surface area contributed by atoms with Gasteiger partial charge in [0.2, 0.25) is 0 Å². The molecule has 0 atom stereocenters. The fourth-order valence-electron chi connectivity index (χ4n) is 1.44.